The monoisotopic (exact) mass is 448 g/mol. The summed E-state index contributed by atoms with van der Waals surface area (Å²) < 4.78 is 49.3. The zero-order valence-corrected chi connectivity index (χ0v) is 16.5. The van der Waals surface area contributed by atoms with Crippen molar-refractivity contribution in [3.8, 4) is 5.75 Å². The maximum absolute atomic E-state index is 12.8. The summed E-state index contributed by atoms with van der Waals surface area (Å²) in [5.74, 6) is 0.366. The molecule has 2 N–H and O–H groups in total. The Kier molecular flexibility index (Phi) is 5.64. The molecule has 1 saturated heterocycles. The molecule has 2 aromatic carbocycles. The summed E-state index contributed by atoms with van der Waals surface area (Å²) in [6.45, 7) is 0.0106. The summed E-state index contributed by atoms with van der Waals surface area (Å²) in [6.07, 6.45) is -2.91. The molecule has 10 heteroatoms. The topological polar surface area (TPSA) is 80.6 Å². The van der Waals surface area contributed by atoms with Gasteiger partial charge in [-0.25, -0.2) is 4.79 Å². The van der Waals surface area contributed by atoms with E-state index in [4.69, 9.17) is 9.15 Å². The smallest absolute Gasteiger partial charge is 0.416 e. The first-order valence-electron chi connectivity index (χ1n) is 9.04. The second-order valence-corrected chi connectivity index (χ2v) is 7.79. The van der Waals surface area contributed by atoms with Crippen molar-refractivity contribution >= 4 is 23.7 Å². The Hall–Kier alpha value is -3.40. The van der Waals surface area contributed by atoms with E-state index in [1.807, 2.05) is 0 Å². The maximum Gasteiger partial charge on any atom is 0.416 e. The molecule has 1 aromatic heterocycles. The summed E-state index contributed by atoms with van der Waals surface area (Å²) in [5.41, 5.74) is -0.295. The van der Waals surface area contributed by atoms with Gasteiger partial charge in [0.15, 0.2) is 6.04 Å². The number of halogens is 3. The van der Waals surface area contributed by atoms with Crippen molar-refractivity contribution in [3.05, 3.63) is 77.7 Å². The first-order valence-corrected chi connectivity index (χ1v) is 9.86. The Balaban J connectivity index is 1.35. The van der Waals surface area contributed by atoms with Crippen LogP contribution < -0.4 is 15.4 Å². The van der Waals surface area contributed by atoms with E-state index < -0.39 is 29.7 Å². The van der Waals surface area contributed by atoms with Crippen molar-refractivity contribution in [2.75, 3.05) is 0 Å². The summed E-state index contributed by atoms with van der Waals surface area (Å²) in [7, 11) is 0. The second kappa shape index (κ2) is 8.38. The van der Waals surface area contributed by atoms with E-state index in [0.717, 1.165) is 21.9 Å². The minimum Gasteiger partial charge on any atom is -0.489 e. The van der Waals surface area contributed by atoms with Crippen LogP contribution in [-0.4, -0.2) is 11.9 Å². The van der Waals surface area contributed by atoms with Gasteiger partial charge in [-0.1, -0.05) is 23.9 Å². The number of carbonyl (C=O) groups is 2. The number of ether oxygens (including phenoxy) is 1. The Morgan fingerprint density at radius 3 is 2.48 bits per heavy atom. The number of benzene rings is 2. The zero-order chi connectivity index (χ0) is 22.0. The van der Waals surface area contributed by atoms with Crippen LogP contribution in [0.25, 0.3) is 0 Å². The minimum absolute atomic E-state index is 0.0106. The molecule has 3 amide bonds. The molecule has 1 aliphatic heterocycles. The first kappa shape index (κ1) is 20.9. The Morgan fingerprint density at radius 2 is 1.81 bits per heavy atom. The molecule has 0 aliphatic carbocycles. The van der Waals surface area contributed by atoms with Gasteiger partial charge in [-0.05, 0) is 48.0 Å². The van der Waals surface area contributed by atoms with E-state index in [9.17, 15) is 22.8 Å². The van der Waals surface area contributed by atoms with Crippen LogP contribution in [0.1, 0.15) is 22.9 Å². The van der Waals surface area contributed by atoms with Crippen LogP contribution in [0, 0.1) is 0 Å². The third kappa shape index (κ3) is 5.02. The maximum atomic E-state index is 12.8. The van der Waals surface area contributed by atoms with Gasteiger partial charge in [-0.2, -0.15) is 13.2 Å². The molecule has 1 atom stereocenters. The highest BCUT2D eigenvalue weighted by atomic mass is 32.2. The summed E-state index contributed by atoms with van der Waals surface area (Å²) >= 11 is 1.38. The number of furan rings is 1. The van der Waals surface area contributed by atoms with Gasteiger partial charge in [-0.3, -0.25) is 10.1 Å². The van der Waals surface area contributed by atoms with Gasteiger partial charge in [0.05, 0.1) is 10.5 Å². The Morgan fingerprint density at radius 1 is 1.03 bits per heavy atom. The number of rotatable bonds is 6. The average molecular weight is 448 g/mol. The molecule has 1 fully saturated rings. The standard InChI is InChI=1S/C21H15F3N2O4S/c22-21(23,24)13-3-1-2-12(8-13)10-29-14-4-6-15(7-5-14)31-16-9-17(30-11-16)18-19(27)26-20(28)25-18/h1-9,11,18H,10H2,(H2,25,26,27,28). The van der Waals surface area contributed by atoms with Gasteiger partial charge >= 0.3 is 12.2 Å². The molecule has 2 heterocycles. The molecule has 1 aliphatic rings. The average Bonchev–Trinajstić information content (AvgIpc) is 3.32. The van der Waals surface area contributed by atoms with Crippen molar-refractivity contribution in [1.82, 2.24) is 10.6 Å². The predicted octanol–water partition coefficient (Wildman–Crippen LogP) is 4.91. The summed E-state index contributed by atoms with van der Waals surface area (Å²) in [5, 5.41) is 4.60. The molecule has 31 heavy (non-hydrogen) atoms. The number of hydrogen-bond donors (Lipinski definition) is 2. The van der Waals surface area contributed by atoms with Crippen molar-refractivity contribution < 1.29 is 31.9 Å². The fraction of sp³-hybridized carbons (Fsp3) is 0.143. The second-order valence-electron chi connectivity index (χ2n) is 6.64. The predicted molar refractivity (Wildman–Crippen MR) is 104 cm³/mol. The van der Waals surface area contributed by atoms with Gasteiger partial charge < -0.3 is 14.5 Å². The number of amides is 3. The highest BCUT2D eigenvalue weighted by Crippen LogP contribution is 2.33. The molecule has 0 radical (unpaired) electrons. The van der Waals surface area contributed by atoms with Crippen LogP contribution in [0.5, 0.6) is 5.75 Å². The van der Waals surface area contributed by atoms with Crippen LogP contribution in [0.15, 0.2) is 75.1 Å². The van der Waals surface area contributed by atoms with Gasteiger partial charge in [0.25, 0.3) is 5.91 Å². The van der Waals surface area contributed by atoms with Crippen molar-refractivity contribution in [3.63, 3.8) is 0 Å². The third-order valence-corrected chi connectivity index (χ3v) is 5.33. The van der Waals surface area contributed by atoms with Crippen LogP contribution in [-0.2, 0) is 17.6 Å². The van der Waals surface area contributed by atoms with E-state index in [-0.39, 0.29) is 6.61 Å². The van der Waals surface area contributed by atoms with Crippen molar-refractivity contribution in [1.29, 1.82) is 0 Å². The lowest BCUT2D eigenvalue weighted by molar-refractivity contribution is -0.137. The molecule has 0 bridgehead atoms. The number of alkyl halides is 3. The number of imide groups is 1. The van der Waals surface area contributed by atoms with Crippen LogP contribution in [0.3, 0.4) is 0 Å². The third-order valence-electron chi connectivity index (χ3n) is 4.37. The molecule has 0 spiro atoms. The minimum atomic E-state index is -4.39. The molecule has 1 unspecified atom stereocenters. The Labute approximate surface area is 178 Å². The van der Waals surface area contributed by atoms with Gasteiger partial charge in [-0.15, -0.1) is 0 Å². The lowest BCUT2D eigenvalue weighted by Gasteiger charge is -2.10. The molecular weight excluding hydrogens is 433 g/mol. The largest absolute Gasteiger partial charge is 0.489 e. The zero-order valence-electron chi connectivity index (χ0n) is 15.7. The fourth-order valence-corrected chi connectivity index (χ4v) is 3.72. The van der Waals surface area contributed by atoms with E-state index in [1.54, 1.807) is 36.4 Å². The molecular formula is C21H15F3N2O4S. The highest BCUT2D eigenvalue weighted by Gasteiger charge is 2.33. The normalized spacial score (nSPS) is 16.2. The molecule has 160 valence electrons. The van der Waals surface area contributed by atoms with Crippen LogP contribution in [0.2, 0.25) is 0 Å². The number of hydrogen-bond acceptors (Lipinski definition) is 5. The molecule has 3 aromatic rings. The van der Waals surface area contributed by atoms with Crippen LogP contribution in [0.4, 0.5) is 18.0 Å². The van der Waals surface area contributed by atoms with Crippen molar-refractivity contribution in [2.24, 2.45) is 0 Å². The van der Waals surface area contributed by atoms with Gasteiger partial charge in [0, 0.05) is 4.90 Å². The van der Waals surface area contributed by atoms with Crippen molar-refractivity contribution in [2.45, 2.75) is 28.6 Å². The van der Waals surface area contributed by atoms with E-state index >= 15 is 0 Å². The number of carbonyl (C=O) groups excluding carboxylic acids is 2. The number of urea groups is 1. The van der Waals surface area contributed by atoms with E-state index in [0.29, 0.717) is 17.1 Å². The molecule has 4 rings (SSSR count). The van der Waals surface area contributed by atoms with E-state index in [1.165, 1.54) is 24.1 Å². The highest BCUT2D eigenvalue weighted by molar-refractivity contribution is 7.99. The summed E-state index contributed by atoms with van der Waals surface area (Å²) in [4.78, 5) is 24.5. The van der Waals surface area contributed by atoms with Gasteiger partial charge in [0.2, 0.25) is 0 Å². The number of nitrogens with one attached hydrogen (secondary N) is 2. The van der Waals surface area contributed by atoms with Gasteiger partial charge in [0.1, 0.15) is 24.4 Å². The van der Waals surface area contributed by atoms with Crippen LogP contribution >= 0.6 is 11.8 Å². The SMILES string of the molecule is O=C1NC(=O)C(c2cc(Sc3ccc(OCc4cccc(C(F)(F)F)c4)cc3)co2)N1. The first-order chi connectivity index (χ1) is 14.8. The quantitative estimate of drug-likeness (QED) is 0.524. The Bertz CT molecular complexity index is 1110. The van der Waals surface area contributed by atoms with E-state index in [2.05, 4.69) is 10.6 Å². The molecule has 0 saturated carbocycles. The lowest BCUT2D eigenvalue weighted by Crippen LogP contribution is -2.22. The lowest BCUT2D eigenvalue weighted by atomic mass is 10.1. The summed E-state index contributed by atoms with van der Waals surface area (Å²) in [6, 6.07) is 12.3. The fourth-order valence-electron chi connectivity index (χ4n) is 2.90. The molecule has 6 nitrogen and oxygen atoms in total.